The average molecular weight is 415 g/mol. The third-order valence-electron chi connectivity index (χ3n) is 4.06. The fourth-order valence-corrected chi connectivity index (χ4v) is 2.77. The molecule has 0 amide bonds. The first-order valence-electron chi connectivity index (χ1n) is 8.49. The summed E-state index contributed by atoms with van der Waals surface area (Å²) in [6, 6.07) is 13.0. The zero-order chi connectivity index (χ0) is 21.3. The number of alkyl halides is 3. The van der Waals surface area contributed by atoms with Gasteiger partial charge in [0.15, 0.2) is 0 Å². The fraction of sp³-hybridized carbons (Fsp3) is 0.0526. The second-order valence-corrected chi connectivity index (χ2v) is 6.17. The van der Waals surface area contributed by atoms with Crippen LogP contribution in [0.15, 0.2) is 67.1 Å². The minimum Gasteiger partial charge on any atom is -0.406 e. The number of anilines is 2. The summed E-state index contributed by atoms with van der Waals surface area (Å²) < 4.78 is 42.2. The number of rotatable bonds is 5. The van der Waals surface area contributed by atoms with Crippen molar-refractivity contribution in [3.05, 3.63) is 77.2 Å². The predicted molar refractivity (Wildman–Crippen MR) is 101 cm³/mol. The van der Waals surface area contributed by atoms with Gasteiger partial charge in [0, 0.05) is 35.6 Å². The lowest BCUT2D eigenvalue weighted by molar-refractivity contribution is -0.384. The predicted octanol–water partition coefficient (Wildman–Crippen LogP) is 4.95. The van der Waals surface area contributed by atoms with Gasteiger partial charge in [-0.15, -0.1) is 13.2 Å². The number of nitro benzene ring substituents is 1. The van der Waals surface area contributed by atoms with Crippen LogP contribution in [0, 0.1) is 10.1 Å². The number of nitrogens with one attached hydrogen (secondary N) is 1. The summed E-state index contributed by atoms with van der Waals surface area (Å²) in [5, 5.41) is 13.9. The van der Waals surface area contributed by atoms with Crippen molar-refractivity contribution in [3.63, 3.8) is 0 Å². The van der Waals surface area contributed by atoms with E-state index in [-0.39, 0.29) is 11.4 Å². The fourth-order valence-electron chi connectivity index (χ4n) is 2.77. The van der Waals surface area contributed by atoms with Crippen LogP contribution in [0.5, 0.6) is 5.75 Å². The Balaban J connectivity index is 1.55. The molecule has 0 bridgehead atoms. The Labute approximate surface area is 166 Å². The van der Waals surface area contributed by atoms with E-state index in [4.69, 9.17) is 0 Å². The average Bonchev–Trinajstić information content (AvgIpc) is 3.12. The highest BCUT2D eigenvalue weighted by molar-refractivity contribution is 5.67. The van der Waals surface area contributed by atoms with E-state index < -0.39 is 11.3 Å². The van der Waals surface area contributed by atoms with Crippen LogP contribution in [0.4, 0.5) is 30.4 Å². The van der Waals surface area contributed by atoms with Gasteiger partial charge in [0.2, 0.25) is 0 Å². The summed E-state index contributed by atoms with van der Waals surface area (Å²) in [6.45, 7) is 0. The first kappa shape index (κ1) is 19.2. The lowest BCUT2D eigenvalue weighted by Gasteiger charge is -2.10. The molecule has 0 aliphatic rings. The molecule has 0 radical (unpaired) electrons. The van der Waals surface area contributed by atoms with Crippen LogP contribution in [-0.4, -0.2) is 25.7 Å². The van der Waals surface area contributed by atoms with Gasteiger partial charge in [0.25, 0.3) is 5.69 Å². The van der Waals surface area contributed by atoms with Crippen molar-refractivity contribution in [1.29, 1.82) is 0 Å². The molecule has 2 heterocycles. The van der Waals surface area contributed by atoms with Gasteiger partial charge in [-0.2, -0.15) is 0 Å². The van der Waals surface area contributed by atoms with E-state index in [2.05, 4.69) is 20.0 Å². The van der Waals surface area contributed by atoms with E-state index in [1.807, 2.05) is 0 Å². The van der Waals surface area contributed by atoms with Gasteiger partial charge in [-0.1, -0.05) is 12.1 Å². The van der Waals surface area contributed by atoms with Gasteiger partial charge in [-0.25, -0.2) is 9.97 Å². The number of non-ortho nitro benzene ring substituents is 1. The normalized spacial score (nSPS) is 11.4. The Morgan fingerprint density at radius 1 is 1.10 bits per heavy atom. The Hall–Kier alpha value is -4.15. The lowest BCUT2D eigenvalue weighted by Crippen LogP contribution is -2.16. The van der Waals surface area contributed by atoms with E-state index in [0.717, 1.165) is 0 Å². The second kappa shape index (κ2) is 7.35. The molecule has 11 heteroatoms. The molecule has 0 atom stereocenters. The molecular weight excluding hydrogens is 403 g/mol. The Morgan fingerprint density at radius 3 is 2.57 bits per heavy atom. The van der Waals surface area contributed by atoms with Crippen LogP contribution in [0.1, 0.15) is 0 Å². The smallest absolute Gasteiger partial charge is 0.406 e. The third-order valence-corrected chi connectivity index (χ3v) is 4.06. The highest BCUT2D eigenvalue weighted by Gasteiger charge is 2.30. The molecule has 0 fully saturated rings. The van der Waals surface area contributed by atoms with Crippen LogP contribution in [0.2, 0.25) is 0 Å². The van der Waals surface area contributed by atoms with Crippen LogP contribution in [0.25, 0.3) is 16.9 Å². The van der Waals surface area contributed by atoms with Crippen LogP contribution >= 0.6 is 0 Å². The van der Waals surface area contributed by atoms with Crippen molar-refractivity contribution < 1.29 is 22.8 Å². The molecule has 4 rings (SSSR count). The highest BCUT2D eigenvalue weighted by atomic mass is 19.4. The quantitative estimate of drug-likeness (QED) is 0.366. The Morgan fingerprint density at radius 2 is 1.87 bits per heavy atom. The summed E-state index contributed by atoms with van der Waals surface area (Å²) in [4.78, 5) is 19.2. The highest BCUT2D eigenvalue weighted by Crippen LogP contribution is 2.26. The molecule has 0 saturated carbocycles. The van der Waals surface area contributed by atoms with E-state index in [9.17, 15) is 23.3 Å². The minimum atomic E-state index is -4.75. The van der Waals surface area contributed by atoms with Crippen molar-refractivity contribution in [2.45, 2.75) is 6.36 Å². The van der Waals surface area contributed by atoms with Gasteiger partial charge >= 0.3 is 6.36 Å². The summed E-state index contributed by atoms with van der Waals surface area (Å²) in [5.74, 6) is 0.0921. The largest absolute Gasteiger partial charge is 0.573 e. The van der Waals surface area contributed by atoms with Gasteiger partial charge in [0.1, 0.15) is 23.5 Å². The maximum atomic E-state index is 12.2. The summed E-state index contributed by atoms with van der Waals surface area (Å²) in [5.41, 5.74) is 2.12. The Bertz CT molecular complexity index is 1220. The molecule has 152 valence electrons. The van der Waals surface area contributed by atoms with Gasteiger partial charge in [-0.3, -0.25) is 14.5 Å². The monoisotopic (exact) mass is 415 g/mol. The molecule has 2 aromatic carbocycles. The number of hydrogen-bond donors (Lipinski definition) is 1. The number of nitrogens with zero attached hydrogens (tertiary/aromatic N) is 4. The summed E-state index contributed by atoms with van der Waals surface area (Å²) >= 11 is 0. The van der Waals surface area contributed by atoms with Gasteiger partial charge < -0.3 is 10.1 Å². The lowest BCUT2D eigenvalue weighted by atomic mass is 10.1. The minimum absolute atomic E-state index is 0.0389. The topological polar surface area (TPSA) is 94.6 Å². The van der Waals surface area contributed by atoms with Gasteiger partial charge in [-0.05, 0) is 24.3 Å². The van der Waals surface area contributed by atoms with Crippen molar-refractivity contribution in [2.24, 2.45) is 0 Å². The van der Waals surface area contributed by atoms with Crippen LogP contribution in [-0.2, 0) is 0 Å². The number of halogens is 3. The number of nitro groups is 1. The molecule has 0 aliphatic carbocycles. The molecule has 8 nitrogen and oxygen atoms in total. The number of imidazole rings is 1. The van der Waals surface area contributed by atoms with E-state index >= 15 is 0 Å². The van der Waals surface area contributed by atoms with Crippen molar-refractivity contribution in [3.8, 4) is 17.0 Å². The number of hydrogen-bond acceptors (Lipinski definition) is 6. The first-order chi connectivity index (χ1) is 14.3. The molecule has 1 N–H and O–H groups in total. The molecule has 0 unspecified atom stereocenters. The van der Waals surface area contributed by atoms with E-state index in [1.54, 1.807) is 28.8 Å². The zero-order valence-electron chi connectivity index (χ0n) is 15.0. The molecule has 0 spiro atoms. The van der Waals surface area contributed by atoms with E-state index in [1.165, 1.54) is 42.7 Å². The third kappa shape index (κ3) is 4.29. The number of aromatic nitrogens is 3. The summed E-state index contributed by atoms with van der Waals surface area (Å²) in [7, 11) is 0. The molecular formula is C19H12F3N5O3. The molecule has 2 aromatic heterocycles. The van der Waals surface area contributed by atoms with E-state index in [0.29, 0.717) is 28.4 Å². The molecule has 30 heavy (non-hydrogen) atoms. The first-order valence-corrected chi connectivity index (χ1v) is 8.49. The van der Waals surface area contributed by atoms with Crippen LogP contribution in [0.3, 0.4) is 0 Å². The summed E-state index contributed by atoms with van der Waals surface area (Å²) in [6.07, 6.45) is -1.56. The van der Waals surface area contributed by atoms with Crippen LogP contribution < -0.4 is 10.1 Å². The van der Waals surface area contributed by atoms with Crippen molar-refractivity contribution >= 4 is 22.8 Å². The maximum Gasteiger partial charge on any atom is 0.573 e. The standard InChI is InChI=1S/C19H12F3N5O3/c20-19(21,22)30-15-6-4-13(5-7-15)24-17-9-18-25-16(10-26(18)11-23-17)12-2-1-3-14(8-12)27(28)29/h1-11,24H. The van der Waals surface area contributed by atoms with Crippen molar-refractivity contribution in [2.75, 3.05) is 5.32 Å². The number of fused-ring (bicyclic) bond motifs is 1. The molecule has 0 aliphatic heterocycles. The zero-order valence-corrected chi connectivity index (χ0v) is 15.0. The second-order valence-electron chi connectivity index (χ2n) is 6.17. The number of ether oxygens (including phenoxy) is 1. The maximum absolute atomic E-state index is 12.2. The SMILES string of the molecule is O=[N+]([O-])c1cccc(-c2cn3cnc(Nc4ccc(OC(F)(F)F)cc4)cc3n2)c1. The molecule has 4 aromatic rings. The molecule has 0 saturated heterocycles. The number of benzene rings is 2. The Kier molecular flexibility index (Phi) is 4.70. The van der Waals surface area contributed by atoms with Gasteiger partial charge in [0.05, 0.1) is 10.6 Å². The van der Waals surface area contributed by atoms with Crippen molar-refractivity contribution in [1.82, 2.24) is 14.4 Å².